The van der Waals surface area contributed by atoms with Crippen molar-refractivity contribution in [1.82, 2.24) is 9.97 Å². The van der Waals surface area contributed by atoms with Gasteiger partial charge in [0.05, 0.1) is 23.4 Å². The van der Waals surface area contributed by atoms with E-state index >= 15 is 0 Å². The lowest BCUT2D eigenvalue weighted by Crippen LogP contribution is -2.31. The van der Waals surface area contributed by atoms with Crippen LogP contribution in [0.3, 0.4) is 0 Å². The van der Waals surface area contributed by atoms with Gasteiger partial charge in [-0.05, 0) is 26.7 Å². The Kier molecular flexibility index (Phi) is 3.76. The first-order valence-corrected chi connectivity index (χ1v) is 6.03. The van der Waals surface area contributed by atoms with E-state index in [0.717, 1.165) is 19.4 Å². The zero-order chi connectivity index (χ0) is 13.1. The summed E-state index contributed by atoms with van der Waals surface area (Å²) < 4.78 is 5.57. The fourth-order valence-electron chi connectivity index (χ4n) is 2.04. The summed E-state index contributed by atoms with van der Waals surface area (Å²) in [5.74, 6) is -0.563. The van der Waals surface area contributed by atoms with Crippen LogP contribution in [0.4, 0.5) is 5.95 Å². The monoisotopic (exact) mass is 251 g/mol. The maximum Gasteiger partial charge on any atom is 0.339 e. The Morgan fingerprint density at radius 2 is 2.44 bits per heavy atom. The van der Waals surface area contributed by atoms with Gasteiger partial charge in [-0.3, -0.25) is 0 Å². The minimum atomic E-state index is -1.01. The van der Waals surface area contributed by atoms with Crippen LogP contribution in [0.25, 0.3) is 0 Å². The normalized spacial score (nSPS) is 20.7. The number of nitrogens with one attached hydrogen (secondary N) is 1. The number of carboxylic acid groups (broad SMARTS) is 1. The Morgan fingerprint density at radius 3 is 3.00 bits per heavy atom. The molecule has 0 radical (unpaired) electrons. The fraction of sp³-hybridized carbons (Fsp3) is 0.583. The van der Waals surface area contributed by atoms with Crippen LogP contribution in [0, 0.1) is 6.92 Å². The van der Waals surface area contributed by atoms with Crippen molar-refractivity contribution in [3.8, 4) is 0 Å². The van der Waals surface area contributed by atoms with Gasteiger partial charge in [0, 0.05) is 12.8 Å². The first-order chi connectivity index (χ1) is 8.58. The molecule has 1 aromatic rings. The van der Waals surface area contributed by atoms with E-state index in [-0.39, 0.29) is 17.7 Å². The average Bonchev–Trinajstić information content (AvgIpc) is 2.81. The van der Waals surface area contributed by atoms with Crippen molar-refractivity contribution in [2.75, 3.05) is 11.9 Å². The summed E-state index contributed by atoms with van der Waals surface area (Å²) >= 11 is 0. The van der Waals surface area contributed by atoms with Crippen LogP contribution < -0.4 is 5.32 Å². The number of carboxylic acids is 1. The maximum atomic E-state index is 10.8. The van der Waals surface area contributed by atoms with E-state index in [1.54, 1.807) is 6.92 Å². The van der Waals surface area contributed by atoms with Crippen molar-refractivity contribution in [1.29, 1.82) is 0 Å². The van der Waals surface area contributed by atoms with Crippen LogP contribution >= 0.6 is 0 Å². The van der Waals surface area contributed by atoms with Gasteiger partial charge < -0.3 is 15.2 Å². The van der Waals surface area contributed by atoms with Gasteiger partial charge in [-0.1, -0.05) is 0 Å². The predicted octanol–water partition coefficient (Wildman–Crippen LogP) is 1.46. The Morgan fingerprint density at radius 1 is 1.67 bits per heavy atom. The van der Waals surface area contributed by atoms with Crippen molar-refractivity contribution < 1.29 is 14.6 Å². The molecule has 0 aliphatic carbocycles. The Labute approximate surface area is 105 Å². The van der Waals surface area contributed by atoms with Gasteiger partial charge in [0.2, 0.25) is 5.95 Å². The predicted molar refractivity (Wildman–Crippen MR) is 65.8 cm³/mol. The first-order valence-electron chi connectivity index (χ1n) is 6.03. The number of hydrogen-bond acceptors (Lipinski definition) is 5. The third-order valence-corrected chi connectivity index (χ3v) is 3.09. The third-order valence-electron chi connectivity index (χ3n) is 3.09. The molecule has 1 aromatic heterocycles. The minimum absolute atomic E-state index is 0.113. The van der Waals surface area contributed by atoms with Crippen LogP contribution in [-0.4, -0.2) is 39.8 Å². The number of rotatable bonds is 4. The molecule has 0 bridgehead atoms. The van der Waals surface area contributed by atoms with Crippen molar-refractivity contribution in [2.24, 2.45) is 0 Å². The van der Waals surface area contributed by atoms with Crippen LogP contribution in [0.15, 0.2) is 6.20 Å². The van der Waals surface area contributed by atoms with Gasteiger partial charge in [0.1, 0.15) is 0 Å². The number of ether oxygens (including phenoxy) is 1. The lowest BCUT2D eigenvalue weighted by atomic mass is 10.1. The van der Waals surface area contributed by atoms with E-state index in [1.165, 1.54) is 6.20 Å². The highest BCUT2D eigenvalue weighted by Gasteiger charge is 2.23. The smallest absolute Gasteiger partial charge is 0.339 e. The van der Waals surface area contributed by atoms with E-state index in [2.05, 4.69) is 15.3 Å². The van der Waals surface area contributed by atoms with Crippen LogP contribution in [0.2, 0.25) is 0 Å². The molecule has 18 heavy (non-hydrogen) atoms. The van der Waals surface area contributed by atoms with Gasteiger partial charge in [-0.15, -0.1) is 0 Å². The minimum Gasteiger partial charge on any atom is -0.478 e. The van der Waals surface area contributed by atoms with Gasteiger partial charge in [0.15, 0.2) is 0 Å². The molecule has 1 fully saturated rings. The highest BCUT2D eigenvalue weighted by atomic mass is 16.5. The van der Waals surface area contributed by atoms with Crippen LogP contribution in [-0.2, 0) is 4.74 Å². The zero-order valence-electron chi connectivity index (χ0n) is 10.5. The average molecular weight is 251 g/mol. The maximum absolute atomic E-state index is 10.8. The Bertz CT molecular complexity index is 444. The van der Waals surface area contributed by atoms with E-state index in [9.17, 15) is 4.79 Å². The lowest BCUT2D eigenvalue weighted by Gasteiger charge is -2.20. The molecule has 2 N–H and O–H groups in total. The number of nitrogens with zero attached hydrogens (tertiary/aromatic N) is 2. The summed E-state index contributed by atoms with van der Waals surface area (Å²) in [6.07, 6.45) is 3.61. The topological polar surface area (TPSA) is 84.3 Å². The molecule has 6 nitrogen and oxygen atoms in total. The first kappa shape index (κ1) is 12.8. The molecule has 1 aliphatic heterocycles. The van der Waals surface area contributed by atoms with Gasteiger partial charge in [-0.2, -0.15) is 0 Å². The molecule has 6 heteroatoms. The molecule has 1 aliphatic rings. The molecule has 0 spiro atoms. The number of aromatic carboxylic acids is 1. The van der Waals surface area contributed by atoms with Crippen LogP contribution in [0.1, 0.15) is 35.8 Å². The molecule has 1 saturated heterocycles. The number of hydrogen-bond donors (Lipinski definition) is 2. The lowest BCUT2D eigenvalue weighted by molar-refractivity contribution is 0.0695. The fourth-order valence-corrected chi connectivity index (χ4v) is 2.04. The standard InChI is InChI=1S/C12H17N3O3/c1-7-9(11(16)17)6-13-12(14-7)15-8(2)10-4-3-5-18-10/h6,8,10H,3-5H2,1-2H3,(H,16,17)(H,13,14,15). The zero-order valence-corrected chi connectivity index (χ0v) is 10.5. The quantitative estimate of drug-likeness (QED) is 0.842. The van der Waals surface area contributed by atoms with Crippen molar-refractivity contribution in [2.45, 2.75) is 38.8 Å². The van der Waals surface area contributed by atoms with E-state index in [1.807, 2.05) is 6.92 Å². The molecule has 0 saturated carbocycles. The Hall–Kier alpha value is -1.69. The molecule has 98 valence electrons. The summed E-state index contributed by atoms with van der Waals surface area (Å²) in [5.41, 5.74) is 0.588. The molecule has 0 aromatic carbocycles. The second-order valence-electron chi connectivity index (χ2n) is 4.48. The number of carbonyl (C=O) groups is 1. The summed E-state index contributed by atoms with van der Waals surface area (Å²) in [4.78, 5) is 19.0. The number of anilines is 1. The largest absolute Gasteiger partial charge is 0.478 e. The molecule has 2 rings (SSSR count). The van der Waals surface area contributed by atoms with E-state index in [4.69, 9.17) is 9.84 Å². The highest BCUT2D eigenvalue weighted by molar-refractivity contribution is 5.88. The van der Waals surface area contributed by atoms with Crippen molar-refractivity contribution in [3.63, 3.8) is 0 Å². The van der Waals surface area contributed by atoms with Crippen molar-refractivity contribution >= 4 is 11.9 Å². The Balaban J connectivity index is 2.05. The second-order valence-corrected chi connectivity index (χ2v) is 4.48. The SMILES string of the molecule is Cc1nc(NC(C)C2CCCO2)ncc1C(=O)O. The van der Waals surface area contributed by atoms with Crippen LogP contribution in [0.5, 0.6) is 0 Å². The number of aromatic nitrogens is 2. The van der Waals surface area contributed by atoms with E-state index < -0.39 is 5.97 Å². The summed E-state index contributed by atoms with van der Waals surface area (Å²) in [7, 11) is 0. The summed E-state index contributed by atoms with van der Waals surface area (Å²) in [6, 6.07) is 0.113. The molecule has 2 unspecified atom stereocenters. The molecule has 2 heterocycles. The van der Waals surface area contributed by atoms with E-state index in [0.29, 0.717) is 11.6 Å². The summed E-state index contributed by atoms with van der Waals surface area (Å²) in [6.45, 7) is 4.47. The number of aryl methyl sites for hydroxylation is 1. The molecular formula is C12H17N3O3. The third kappa shape index (κ3) is 2.76. The molecular weight excluding hydrogens is 234 g/mol. The highest BCUT2D eigenvalue weighted by Crippen LogP contribution is 2.18. The van der Waals surface area contributed by atoms with Gasteiger partial charge in [0.25, 0.3) is 0 Å². The summed E-state index contributed by atoms with van der Waals surface area (Å²) in [5, 5.41) is 12.0. The second kappa shape index (κ2) is 5.30. The van der Waals surface area contributed by atoms with Gasteiger partial charge >= 0.3 is 5.97 Å². The molecule has 2 atom stereocenters. The molecule has 0 amide bonds. The van der Waals surface area contributed by atoms with Crippen molar-refractivity contribution in [3.05, 3.63) is 17.5 Å². The van der Waals surface area contributed by atoms with Gasteiger partial charge in [-0.25, -0.2) is 14.8 Å².